The first kappa shape index (κ1) is 7.73. The summed E-state index contributed by atoms with van der Waals surface area (Å²) in [5, 5.41) is 0. The van der Waals surface area contributed by atoms with Crippen molar-refractivity contribution in [3.05, 3.63) is 0 Å². The third-order valence-electron chi connectivity index (χ3n) is 0.655. The highest BCUT2D eigenvalue weighted by Crippen LogP contribution is 2.13. The third-order valence-corrected chi connectivity index (χ3v) is 1.26. The van der Waals surface area contributed by atoms with Crippen molar-refractivity contribution in [2.24, 2.45) is 0 Å². The first-order valence-electron chi connectivity index (χ1n) is 2.26. The monoisotopic (exact) mass is 135 g/mol. The van der Waals surface area contributed by atoms with Crippen molar-refractivity contribution < 1.29 is 14.3 Å². The maximum atomic E-state index is 10.1. The third kappa shape index (κ3) is 5.73. The second kappa shape index (κ2) is 3.70. The molecule has 1 unspecified atom stereocenters. The van der Waals surface area contributed by atoms with Crippen molar-refractivity contribution in [1.29, 1.82) is 0 Å². The van der Waals surface area contributed by atoms with Crippen LogP contribution in [0, 0.1) is 0 Å². The molecule has 46 valence electrons. The Kier molecular flexibility index (Phi) is 3.57. The van der Waals surface area contributed by atoms with E-state index in [1.54, 1.807) is 0 Å². The minimum Gasteiger partial charge on any atom is -0.300 e. The van der Waals surface area contributed by atoms with Gasteiger partial charge in [0.2, 0.25) is 0 Å². The summed E-state index contributed by atoms with van der Waals surface area (Å²) in [6.07, 6.45) is 0.316. The molecule has 4 heteroatoms. The van der Waals surface area contributed by atoms with Crippen molar-refractivity contribution in [2.45, 2.75) is 13.3 Å². The lowest BCUT2D eigenvalue weighted by atomic mass is 10.4. The van der Waals surface area contributed by atoms with Gasteiger partial charge >= 0.3 is 8.03 Å². The number of carbonyl (C=O) groups is 1. The molecule has 0 aliphatic heterocycles. The highest BCUT2D eigenvalue weighted by molar-refractivity contribution is 7.38. The molecular weight excluding hydrogens is 127 g/mol. The smallest absolute Gasteiger partial charge is 0.300 e. The SMILES string of the molecule is CC(=O)CC[P+](=O)O. The Labute approximate surface area is 48.6 Å². The van der Waals surface area contributed by atoms with E-state index in [0.717, 1.165) is 0 Å². The van der Waals surface area contributed by atoms with E-state index in [2.05, 4.69) is 0 Å². The number of hydrogen-bond acceptors (Lipinski definition) is 2. The van der Waals surface area contributed by atoms with Gasteiger partial charge in [-0.1, -0.05) is 0 Å². The average molecular weight is 135 g/mol. The largest absolute Gasteiger partial charge is 0.505 e. The summed E-state index contributed by atoms with van der Waals surface area (Å²) in [5.74, 6) is -0.0394. The number of carbonyl (C=O) groups excluding carboxylic acids is 1. The Balaban J connectivity index is 3.18. The van der Waals surface area contributed by atoms with Gasteiger partial charge in [0.1, 0.15) is 5.78 Å². The molecule has 0 saturated carbocycles. The van der Waals surface area contributed by atoms with Crippen LogP contribution in [0.25, 0.3) is 0 Å². The maximum Gasteiger partial charge on any atom is 0.505 e. The molecule has 0 heterocycles. The number of hydrogen-bond donors (Lipinski definition) is 1. The zero-order valence-electron chi connectivity index (χ0n) is 4.63. The second-order valence-electron chi connectivity index (χ2n) is 1.53. The lowest BCUT2D eigenvalue weighted by Crippen LogP contribution is -1.90. The van der Waals surface area contributed by atoms with Gasteiger partial charge in [0.15, 0.2) is 6.16 Å². The van der Waals surface area contributed by atoms with Gasteiger partial charge in [0.25, 0.3) is 0 Å². The fourth-order valence-corrected chi connectivity index (χ4v) is 0.759. The molecule has 0 fully saturated rings. The molecule has 0 amide bonds. The van der Waals surface area contributed by atoms with E-state index >= 15 is 0 Å². The van der Waals surface area contributed by atoms with Gasteiger partial charge in [-0.3, -0.25) is 4.79 Å². The minimum absolute atomic E-state index is 0.0394. The van der Waals surface area contributed by atoms with Crippen LogP contribution in [-0.2, 0) is 9.36 Å². The highest BCUT2D eigenvalue weighted by atomic mass is 31.1. The van der Waals surface area contributed by atoms with Crippen molar-refractivity contribution in [2.75, 3.05) is 6.16 Å². The summed E-state index contributed by atoms with van der Waals surface area (Å²) >= 11 is 0. The highest BCUT2D eigenvalue weighted by Gasteiger charge is 2.09. The van der Waals surface area contributed by atoms with Crippen LogP contribution in [0.2, 0.25) is 0 Å². The molecule has 0 aromatic rings. The summed E-state index contributed by atoms with van der Waals surface area (Å²) in [7, 11) is -2.10. The van der Waals surface area contributed by atoms with Gasteiger partial charge in [-0.15, -0.1) is 0 Å². The van der Waals surface area contributed by atoms with Gasteiger partial charge in [-0.05, 0) is 11.5 Å². The van der Waals surface area contributed by atoms with Gasteiger partial charge in [0, 0.05) is 0 Å². The number of rotatable bonds is 3. The Morgan fingerprint density at radius 1 is 1.75 bits per heavy atom. The lowest BCUT2D eigenvalue weighted by Gasteiger charge is -1.77. The van der Waals surface area contributed by atoms with Gasteiger partial charge in [-0.2, -0.15) is 4.89 Å². The standard InChI is InChI=1S/C4H7O3P/c1-4(5)2-3-8(6)7/h2-3H2,1H3/p+1. The van der Waals surface area contributed by atoms with Crippen LogP contribution < -0.4 is 0 Å². The minimum atomic E-state index is -2.10. The molecule has 1 N–H and O–H groups in total. The Hall–Kier alpha value is -0.270. The molecule has 0 aliphatic carbocycles. The van der Waals surface area contributed by atoms with Crippen LogP contribution in [0.4, 0.5) is 0 Å². The van der Waals surface area contributed by atoms with Gasteiger partial charge in [0.05, 0.1) is 6.42 Å². The summed E-state index contributed by atoms with van der Waals surface area (Å²) in [6, 6.07) is 0. The van der Waals surface area contributed by atoms with Crippen LogP contribution in [0.15, 0.2) is 0 Å². The van der Waals surface area contributed by atoms with Crippen LogP contribution in [0.3, 0.4) is 0 Å². The Morgan fingerprint density at radius 2 is 2.25 bits per heavy atom. The fraction of sp³-hybridized carbons (Fsp3) is 0.750. The van der Waals surface area contributed by atoms with E-state index in [0.29, 0.717) is 0 Å². The molecule has 0 bridgehead atoms. The lowest BCUT2D eigenvalue weighted by molar-refractivity contribution is -0.116. The van der Waals surface area contributed by atoms with E-state index in [9.17, 15) is 9.36 Å². The molecule has 0 aromatic heterocycles. The normalized spacial score (nSPS) is 11.0. The summed E-state index contributed by atoms with van der Waals surface area (Å²) in [5.41, 5.74) is 0. The van der Waals surface area contributed by atoms with E-state index in [1.165, 1.54) is 6.92 Å². The molecule has 8 heavy (non-hydrogen) atoms. The first-order chi connectivity index (χ1) is 3.63. The average Bonchev–Trinajstić information content (AvgIpc) is 1.61. The molecule has 0 rings (SSSR count). The van der Waals surface area contributed by atoms with Crippen LogP contribution in [0.5, 0.6) is 0 Å². The maximum absolute atomic E-state index is 10.1. The second-order valence-corrected chi connectivity index (χ2v) is 2.68. The molecule has 0 aromatic carbocycles. The molecule has 3 nitrogen and oxygen atoms in total. The zero-order chi connectivity index (χ0) is 6.57. The van der Waals surface area contributed by atoms with Gasteiger partial charge < -0.3 is 0 Å². The molecule has 1 atom stereocenters. The fourth-order valence-electron chi connectivity index (χ4n) is 0.253. The van der Waals surface area contributed by atoms with Gasteiger partial charge in [-0.25, -0.2) is 0 Å². The quantitative estimate of drug-likeness (QED) is 0.579. The zero-order valence-corrected chi connectivity index (χ0v) is 5.52. The van der Waals surface area contributed by atoms with E-state index < -0.39 is 8.03 Å². The van der Waals surface area contributed by atoms with Crippen LogP contribution in [0.1, 0.15) is 13.3 Å². The summed E-state index contributed by atoms with van der Waals surface area (Å²) in [4.78, 5) is 18.3. The molecular formula is C4H8O3P+. The molecule has 0 radical (unpaired) electrons. The number of Topliss-reactive ketones (excluding diaryl/α,β-unsaturated/α-hetero) is 1. The molecule has 0 aliphatic rings. The van der Waals surface area contributed by atoms with Crippen molar-refractivity contribution >= 4 is 13.8 Å². The summed E-state index contributed by atoms with van der Waals surface area (Å²) in [6.45, 7) is 1.40. The van der Waals surface area contributed by atoms with Crippen molar-refractivity contribution in [3.8, 4) is 0 Å². The predicted molar refractivity (Wildman–Crippen MR) is 30.0 cm³/mol. The van der Waals surface area contributed by atoms with E-state index in [1.807, 2.05) is 0 Å². The molecule has 0 spiro atoms. The first-order valence-corrected chi connectivity index (χ1v) is 3.65. The molecule has 0 saturated heterocycles. The summed E-state index contributed by atoms with van der Waals surface area (Å²) < 4.78 is 9.90. The predicted octanol–water partition coefficient (Wildman–Crippen LogP) is 0.700. The van der Waals surface area contributed by atoms with E-state index in [4.69, 9.17) is 4.89 Å². The van der Waals surface area contributed by atoms with Crippen LogP contribution >= 0.6 is 8.03 Å². The van der Waals surface area contributed by atoms with Crippen LogP contribution in [-0.4, -0.2) is 16.8 Å². The topological polar surface area (TPSA) is 54.4 Å². The number of ketones is 1. The van der Waals surface area contributed by atoms with Crippen molar-refractivity contribution in [3.63, 3.8) is 0 Å². The Morgan fingerprint density at radius 3 is 2.38 bits per heavy atom. The van der Waals surface area contributed by atoms with E-state index in [-0.39, 0.29) is 18.4 Å². The van der Waals surface area contributed by atoms with Crippen molar-refractivity contribution in [1.82, 2.24) is 0 Å². The Bertz CT molecular complexity index is 95.9.